The maximum absolute atomic E-state index is 12.1. The third-order valence-electron chi connectivity index (χ3n) is 4.02. The first kappa shape index (κ1) is 17.6. The molecular weight excluding hydrogens is 292 g/mol. The van der Waals surface area contributed by atoms with Gasteiger partial charge in [-0.3, -0.25) is 0 Å². The lowest BCUT2D eigenvalue weighted by Gasteiger charge is -2.24. The van der Waals surface area contributed by atoms with Gasteiger partial charge in [0.05, 0.1) is 0 Å². The zero-order valence-corrected chi connectivity index (χ0v) is 14.5. The highest BCUT2D eigenvalue weighted by molar-refractivity contribution is 5.68. The van der Waals surface area contributed by atoms with Crippen molar-refractivity contribution < 1.29 is 14.6 Å². The number of carbonyl (C=O) groups is 1. The highest BCUT2D eigenvalue weighted by atomic mass is 16.6. The molecule has 2 unspecified atom stereocenters. The first-order valence-corrected chi connectivity index (χ1v) is 8.25. The van der Waals surface area contributed by atoms with Crippen molar-refractivity contribution in [3.63, 3.8) is 0 Å². The van der Waals surface area contributed by atoms with Crippen LogP contribution >= 0.6 is 0 Å². The van der Waals surface area contributed by atoms with Gasteiger partial charge in [0, 0.05) is 25.7 Å². The molecule has 0 aromatic heterocycles. The van der Waals surface area contributed by atoms with Gasteiger partial charge in [-0.1, -0.05) is 12.1 Å². The number of amides is 1. The third kappa shape index (κ3) is 5.43. The average Bonchev–Trinajstić information content (AvgIpc) is 2.92. The maximum Gasteiger partial charge on any atom is 0.410 e. The van der Waals surface area contributed by atoms with Crippen molar-refractivity contribution in [2.24, 2.45) is 5.92 Å². The van der Waals surface area contributed by atoms with Crippen molar-refractivity contribution in [1.82, 2.24) is 10.2 Å². The van der Waals surface area contributed by atoms with Crippen LogP contribution in [0.3, 0.4) is 0 Å². The van der Waals surface area contributed by atoms with Crippen LogP contribution in [-0.2, 0) is 4.74 Å². The van der Waals surface area contributed by atoms with Crippen molar-refractivity contribution in [3.05, 3.63) is 29.8 Å². The molecule has 5 heteroatoms. The Kier molecular flexibility index (Phi) is 5.52. The normalized spacial score (nSPS) is 19.7. The van der Waals surface area contributed by atoms with E-state index in [-0.39, 0.29) is 17.9 Å². The summed E-state index contributed by atoms with van der Waals surface area (Å²) in [6, 6.07) is 7.46. The maximum atomic E-state index is 12.1. The van der Waals surface area contributed by atoms with Gasteiger partial charge in [-0.05, 0) is 57.7 Å². The van der Waals surface area contributed by atoms with Crippen molar-refractivity contribution in [1.29, 1.82) is 0 Å². The summed E-state index contributed by atoms with van der Waals surface area (Å²) in [7, 11) is 0. The summed E-state index contributed by atoms with van der Waals surface area (Å²) in [4.78, 5) is 13.8. The summed E-state index contributed by atoms with van der Waals surface area (Å²) in [6.07, 6.45) is 0.764. The molecule has 2 atom stereocenters. The number of ether oxygens (including phenoxy) is 1. The minimum absolute atomic E-state index is 0.165. The number of nitrogens with one attached hydrogen (secondary N) is 1. The van der Waals surface area contributed by atoms with Crippen LogP contribution in [0.5, 0.6) is 5.75 Å². The second kappa shape index (κ2) is 7.21. The highest BCUT2D eigenvalue weighted by Gasteiger charge is 2.29. The third-order valence-corrected chi connectivity index (χ3v) is 4.02. The van der Waals surface area contributed by atoms with E-state index in [4.69, 9.17) is 4.74 Å². The molecule has 1 aromatic rings. The topological polar surface area (TPSA) is 61.8 Å². The molecule has 1 aromatic carbocycles. The molecule has 5 nitrogen and oxygen atoms in total. The average molecular weight is 320 g/mol. The quantitative estimate of drug-likeness (QED) is 0.893. The number of hydrogen-bond donors (Lipinski definition) is 2. The molecule has 0 radical (unpaired) electrons. The van der Waals surface area contributed by atoms with Gasteiger partial charge in [0.1, 0.15) is 11.4 Å². The molecule has 1 amide bonds. The van der Waals surface area contributed by atoms with Crippen LogP contribution in [0.15, 0.2) is 24.3 Å². The summed E-state index contributed by atoms with van der Waals surface area (Å²) in [6.45, 7) is 10.1. The fourth-order valence-electron chi connectivity index (χ4n) is 2.75. The van der Waals surface area contributed by atoms with Crippen LogP contribution in [0.25, 0.3) is 0 Å². The lowest BCUT2D eigenvalue weighted by atomic mass is 10.1. The SMILES string of the molecule is CC(NCC1CCN(C(=O)OC(C)(C)C)C1)c1cccc(O)c1. The van der Waals surface area contributed by atoms with Gasteiger partial charge in [0.25, 0.3) is 0 Å². The first-order chi connectivity index (χ1) is 10.7. The standard InChI is InChI=1S/C18H28N2O3/c1-13(15-6-5-7-16(21)10-15)19-11-14-8-9-20(12-14)17(22)23-18(2,3)4/h5-7,10,13-14,19,21H,8-9,11-12H2,1-4H3. The van der Waals surface area contributed by atoms with Crippen LogP contribution in [0, 0.1) is 5.92 Å². The molecule has 0 saturated carbocycles. The first-order valence-electron chi connectivity index (χ1n) is 8.25. The van der Waals surface area contributed by atoms with E-state index >= 15 is 0 Å². The Balaban J connectivity index is 1.78. The van der Waals surface area contributed by atoms with Crippen LogP contribution in [0.1, 0.15) is 45.7 Å². The molecule has 2 N–H and O–H groups in total. The zero-order valence-electron chi connectivity index (χ0n) is 14.5. The van der Waals surface area contributed by atoms with Gasteiger partial charge in [-0.15, -0.1) is 0 Å². The Morgan fingerprint density at radius 1 is 1.48 bits per heavy atom. The highest BCUT2D eigenvalue weighted by Crippen LogP contribution is 2.21. The summed E-state index contributed by atoms with van der Waals surface area (Å²) in [5.41, 5.74) is 0.615. The molecule has 2 rings (SSSR count). The van der Waals surface area contributed by atoms with Gasteiger partial charge in [0.15, 0.2) is 0 Å². The van der Waals surface area contributed by atoms with Crippen molar-refractivity contribution >= 4 is 6.09 Å². The van der Waals surface area contributed by atoms with E-state index in [1.54, 1.807) is 17.0 Å². The summed E-state index contributed by atoms with van der Waals surface area (Å²) < 4.78 is 5.42. The molecular formula is C18H28N2O3. The number of phenolic OH excluding ortho intramolecular Hbond substituents is 1. The summed E-state index contributed by atoms with van der Waals surface area (Å²) in [5.74, 6) is 0.718. The van der Waals surface area contributed by atoms with E-state index in [0.29, 0.717) is 5.92 Å². The second-order valence-corrected chi connectivity index (χ2v) is 7.31. The Hall–Kier alpha value is -1.75. The predicted molar refractivity (Wildman–Crippen MR) is 90.4 cm³/mol. The molecule has 1 heterocycles. The van der Waals surface area contributed by atoms with Crippen molar-refractivity contribution in [3.8, 4) is 5.75 Å². The summed E-state index contributed by atoms with van der Waals surface area (Å²) >= 11 is 0. The molecule has 0 bridgehead atoms. The van der Waals surface area contributed by atoms with Gasteiger partial charge >= 0.3 is 6.09 Å². The van der Waals surface area contributed by atoms with Crippen molar-refractivity contribution in [2.45, 2.75) is 45.8 Å². The number of hydrogen-bond acceptors (Lipinski definition) is 4. The number of carbonyl (C=O) groups excluding carboxylic acids is 1. The van der Waals surface area contributed by atoms with Gasteiger partial charge in [-0.25, -0.2) is 4.79 Å². The van der Waals surface area contributed by atoms with Gasteiger partial charge in [-0.2, -0.15) is 0 Å². The van der Waals surface area contributed by atoms with Crippen molar-refractivity contribution in [2.75, 3.05) is 19.6 Å². The summed E-state index contributed by atoms with van der Waals surface area (Å²) in [5, 5.41) is 13.0. The number of rotatable bonds is 4. The van der Waals surface area contributed by atoms with Gasteiger partial charge in [0.2, 0.25) is 0 Å². The Morgan fingerprint density at radius 3 is 2.87 bits per heavy atom. The molecule has 128 valence electrons. The molecule has 1 aliphatic rings. The minimum atomic E-state index is -0.447. The largest absolute Gasteiger partial charge is 0.508 e. The Morgan fingerprint density at radius 2 is 2.22 bits per heavy atom. The van der Waals surface area contributed by atoms with Gasteiger partial charge < -0.3 is 20.1 Å². The monoisotopic (exact) mass is 320 g/mol. The molecule has 1 aliphatic heterocycles. The number of phenols is 1. The molecule has 1 fully saturated rings. The van der Waals surface area contributed by atoms with E-state index in [1.165, 1.54) is 0 Å². The smallest absolute Gasteiger partial charge is 0.410 e. The lowest BCUT2D eigenvalue weighted by Crippen LogP contribution is -2.36. The van der Waals surface area contributed by atoms with E-state index in [0.717, 1.165) is 31.6 Å². The number of aromatic hydroxyl groups is 1. The molecule has 0 spiro atoms. The zero-order chi connectivity index (χ0) is 17.0. The van der Waals surface area contributed by atoms with E-state index in [9.17, 15) is 9.90 Å². The van der Waals surface area contributed by atoms with Crippen LogP contribution in [-0.4, -0.2) is 41.3 Å². The number of nitrogens with zero attached hydrogens (tertiary/aromatic N) is 1. The van der Waals surface area contributed by atoms with E-state index in [1.807, 2.05) is 32.9 Å². The Bertz CT molecular complexity index is 539. The van der Waals surface area contributed by atoms with Crippen LogP contribution < -0.4 is 5.32 Å². The fraction of sp³-hybridized carbons (Fsp3) is 0.611. The van der Waals surface area contributed by atoms with E-state index in [2.05, 4.69) is 12.2 Å². The van der Waals surface area contributed by atoms with E-state index < -0.39 is 5.60 Å². The second-order valence-electron chi connectivity index (χ2n) is 7.31. The fourth-order valence-corrected chi connectivity index (χ4v) is 2.75. The molecule has 0 aliphatic carbocycles. The number of benzene rings is 1. The van der Waals surface area contributed by atoms with Crippen LogP contribution in [0.4, 0.5) is 4.79 Å². The minimum Gasteiger partial charge on any atom is -0.508 e. The van der Waals surface area contributed by atoms with Crippen LogP contribution in [0.2, 0.25) is 0 Å². The predicted octanol–water partition coefficient (Wildman–Crippen LogP) is 3.30. The molecule has 1 saturated heterocycles. The number of likely N-dealkylation sites (tertiary alicyclic amines) is 1. The lowest BCUT2D eigenvalue weighted by molar-refractivity contribution is 0.0288. The molecule has 23 heavy (non-hydrogen) atoms. The Labute approximate surface area is 138 Å².